The van der Waals surface area contributed by atoms with E-state index in [1.807, 2.05) is 43.3 Å². The van der Waals surface area contributed by atoms with E-state index in [9.17, 15) is 9.90 Å². The van der Waals surface area contributed by atoms with E-state index in [2.05, 4.69) is 0 Å². The van der Waals surface area contributed by atoms with Crippen molar-refractivity contribution in [2.75, 3.05) is 7.11 Å². The van der Waals surface area contributed by atoms with Crippen LogP contribution in [0.4, 0.5) is 0 Å². The molecule has 0 fully saturated rings. The molecule has 0 spiro atoms. The molecular formula is C17H18O3. The van der Waals surface area contributed by atoms with E-state index in [4.69, 9.17) is 4.74 Å². The lowest BCUT2D eigenvalue weighted by atomic mass is 9.90. The van der Waals surface area contributed by atoms with Gasteiger partial charge in [-0.25, -0.2) is 0 Å². The number of phenolic OH excluding ortho intramolecular Hbond substituents is 1. The summed E-state index contributed by atoms with van der Waals surface area (Å²) >= 11 is 0. The largest absolute Gasteiger partial charge is 0.508 e. The number of benzene rings is 2. The van der Waals surface area contributed by atoms with Crippen LogP contribution in [-0.2, 0) is 9.53 Å². The molecule has 0 heterocycles. The smallest absolute Gasteiger partial charge is 0.306 e. The molecule has 2 aromatic rings. The van der Waals surface area contributed by atoms with Crippen LogP contribution in [0.2, 0.25) is 0 Å². The Hall–Kier alpha value is -2.29. The maximum atomic E-state index is 11.4. The highest BCUT2D eigenvalue weighted by Crippen LogP contribution is 2.31. The fourth-order valence-corrected chi connectivity index (χ4v) is 2.27. The number of ether oxygens (including phenoxy) is 1. The van der Waals surface area contributed by atoms with Crippen LogP contribution in [0, 0.1) is 0 Å². The van der Waals surface area contributed by atoms with E-state index in [1.165, 1.54) is 7.11 Å². The molecule has 1 atom stereocenters. The van der Waals surface area contributed by atoms with Gasteiger partial charge in [0.1, 0.15) is 5.75 Å². The highest BCUT2D eigenvalue weighted by molar-refractivity contribution is 5.73. The van der Waals surface area contributed by atoms with Gasteiger partial charge in [-0.1, -0.05) is 43.3 Å². The molecule has 0 amide bonds. The number of hydrogen-bond acceptors (Lipinski definition) is 3. The van der Waals surface area contributed by atoms with Crippen molar-refractivity contribution in [2.24, 2.45) is 0 Å². The van der Waals surface area contributed by atoms with Crippen LogP contribution in [0.5, 0.6) is 5.75 Å². The minimum atomic E-state index is -0.210. The highest BCUT2D eigenvalue weighted by Gasteiger charge is 2.15. The molecule has 1 unspecified atom stereocenters. The summed E-state index contributed by atoms with van der Waals surface area (Å²) in [6, 6.07) is 15.1. The number of carbonyl (C=O) groups is 1. The summed E-state index contributed by atoms with van der Waals surface area (Å²) < 4.78 is 4.73. The third-order valence-electron chi connectivity index (χ3n) is 3.37. The van der Waals surface area contributed by atoms with Crippen molar-refractivity contribution in [2.45, 2.75) is 19.3 Å². The molecule has 0 aliphatic carbocycles. The fourth-order valence-electron chi connectivity index (χ4n) is 2.27. The minimum absolute atomic E-state index is 0.0763. The Morgan fingerprint density at radius 3 is 2.45 bits per heavy atom. The summed E-state index contributed by atoms with van der Waals surface area (Å²) in [6.07, 6.45) is 0.353. The van der Waals surface area contributed by atoms with Crippen molar-refractivity contribution < 1.29 is 14.6 Å². The van der Waals surface area contributed by atoms with Crippen LogP contribution in [0.1, 0.15) is 24.8 Å². The molecule has 0 aliphatic heterocycles. The maximum Gasteiger partial charge on any atom is 0.306 e. The van der Waals surface area contributed by atoms with Gasteiger partial charge in [0.15, 0.2) is 0 Å². The van der Waals surface area contributed by atoms with Crippen LogP contribution in [0.15, 0.2) is 48.5 Å². The average molecular weight is 270 g/mol. The summed E-state index contributed by atoms with van der Waals surface area (Å²) in [5, 5.41) is 9.37. The van der Waals surface area contributed by atoms with Gasteiger partial charge >= 0.3 is 5.97 Å². The van der Waals surface area contributed by atoms with E-state index < -0.39 is 0 Å². The van der Waals surface area contributed by atoms with E-state index in [-0.39, 0.29) is 17.6 Å². The van der Waals surface area contributed by atoms with Crippen molar-refractivity contribution in [1.29, 1.82) is 0 Å². The number of aromatic hydroxyl groups is 1. The van der Waals surface area contributed by atoms with E-state index >= 15 is 0 Å². The lowest BCUT2D eigenvalue weighted by Gasteiger charge is -2.15. The number of methoxy groups -OCH3 is 1. The predicted octanol–water partition coefficient (Wildman–Crippen LogP) is 3.73. The van der Waals surface area contributed by atoms with Gasteiger partial charge in [0, 0.05) is 0 Å². The average Bonchev–Trinajstić information content (AvgIpc) is 2.48. The summed E-state index contributed by atoms with van der Waals surface area (Å²) in [4.78, 5) is 11.4. The normalized spacial score (nSPS) is 11.9. The molecule has 0 radical (unpaired) electrons. The van der Waals surface area contributed by atoms with Crippen LogP contribution in [-0.4, -0.2) is 18.2 Å². The Balaban J connectivity index is 2.35. The second-order valence-electron chi connectivity index (χ2n) is 4.82. The van der Waals surface area contributed by atoms with Gasteiger partial charge in [-0.15, -0.1) is 0 Å². The summed E-state index contributed by atoms with van der Waals surface area (Å²) in [7, 11) is 1.40. The summed E-state index contributed by atoms with van der Waals surface area (Å²) in [5.74, 6) is 0.110. The first kappa shape index (κ1) is 14.1. The Labute approximate surface area is 118 Å². The Morgan fingerprint density at radius 1 is 1.15 bits per heavy atom. The van der Waals surface area contributed by atoms with Crippen molar-refractivity contribution in [3.8, 4) is 16.9 Å². The number of hydrogen-bond donors (Lipinski definition) is 1. The molecule has 0 bridgehead atoms. The first-order chi connectivity index (χ1) is 9.61. The van der Waals surface area contributed by atoms with Gasteiger partial charge in [0.25, 0.3) is 0 Å². The van der Waals surface area contributed by atoms with Gasteiger partial charge in [0.2, 0.25) is 0 Å². The first-order valence-electron chi connectivity index (χ1n) is 6.57. The fraction of sp³-hybridized carbons (Fsp3) is 0.235. The van der Waals surface area contributed by atoms with E-state index in [0.717, 1.165) is 16.7 Å². The minimum Gasteiger partial charge on any atom is -0.508 e. The SMILES string of the molecule is COC(=O)CC(C)c1ccccc1-c1ccc(O)cc1. The van der Waals surface area contributed by atoms with Gasteiger partial charge in [-0.3, -0.25) is 4.79 Å². The maximum absolute atomic E-state index is 11.4. The van der Waals surface area contributed by atoms with Crippen LogP contribution in [0.3, 0.4) is 0 Å². The van der Waals surface area contributed by atoms with Crippen LogP contribution in [0.25, 0.3) is 11.1 Å². The highest BCUT2D eigenvalue weighted by atomic mass is 16.5. The number of rotatable bonds is 4. The van der Waals surface area contributed by atoms with Gasteiger partial charge < -0.3 is 9.84 Å². The molecule has 0 aliphatic rings. The third-order valence-corrected chi connectivity index (χ3v) is 3.37. The third kappa shape index (κ3) is 3.18. The number of phenols is 1. The molecule has 0 aromatic heterocycles. The molecule has 3 heteroatoms. The summed E-state index contributed by atoms with van der Waals surface area (Å²) in [6.45, 7) is 2.01. The Bertz CT molecular complexity index is 587. The number of carbonyl (C=O) groups excluding carboxylic acids is 1. The lowest BCUT2D eigenvalue weighted by Crippen LogP contribution is -2.06. The van der Waals surface area contributed by atoms with Crippen LogP contribution < -0.4 is 0 Å². The summed E-state index contributed by atoms with van der Waals surface area (Å²) in [5.41, 5.74) is 3.20. The molecule has 2 aromatic carbocycles. The second kappa shape index (κ2) is 6.24. The zero-order valence-corrected chi connectivity index (χ0v) is 11.7. The van der Waals surface area contributed by atoms with E-state index in [1.54, 1.807) is 12.1 Å². The molecule has 104 valence electrons. The van der Waals surface area contributed by atoms with Crippen molar-refractivity contribution in [3.05, 3.63) is 54.1 Å². The Morgan fingerprint density at radius 2 is 1.80 bits per heavy atom. The standard InChI is InChI=1S/C17H18O3/c1-12(11-17(19)20-2)15-5-3-4-6-16(15)13-7-9-14(18)10-8-13/h3-10,12,18H,11H2,1-2H3. The van der Waals surface area contributed by atoms with Crippen molar-refractivity contribution >= 4 is 5.97 Å². The van der Waals surface area contributed by atoms with Gasteiger partial charge in [-0.2, -0.15) is 0 Å². The lowest BCUT2D eigenvalue weighted by molar-refractivity contribution is -0.140. The van der Waals surface area contributed by atoms with Gasteiger partial charge in [-0.05, 0) is 34.7 Å². The van der Waals surface area contributed by atoms with Crippen molar-refractivity contribution in [3.63, 3.8) is 0 Å². The van der Waals surface area contributed by atoms with E-state index in [0.29, 0.717) is 6.42 Å². The topological polar surface area (TPSA) is 46.5 Å². The predicted molar refractivity (Wildman–Crippen MR) is 78.6 cm³/mol. The molecule has 3 nitrogen and oxygen atoms in total. The quantitative estimate of drug-likeness (QED) is 0.861. The molecular weight excluding hydrogens is 252 g/mol. The molecule has 0 saturated carbocycles. The zero-order valence-electron chi connectivity index (χ0n) is 11.7. The molecule has 20 heavy (non-hydrogen) atoms. The first-order valence-corrected chi connectivity index (χ1v) is 6.57. The Kier molecular flexibility index (Phi) is 4.41. The molecule has 0 saturated heterocycles. The van der Waals surface area contributed by atoms with Crippen LogP contribution >= 0.6 is 0 Å². The van der Waals surface area contributed by atoms with Gasteiger partial charge in [0.05, 0.1) is 13.5 Å². The molecule has 1 N–H and O–H groups in total. The second-order valence-corrected chi connectivity index (χ2v) is 4.82. The number of esters is 1. The zero-order chi connectivity index (χ0) is 14.5. The molecule has 2 rings (SSSR count). The monoisotopic (exact) mass is 270 g/mol. The van der Waals surface area contributed by atoms with Crippen molar-refractivity contribution in [1.82, 2.24) is 0 Å².